The van der Waals surface area contributed by atoms with Crippen LogP contribution in [0, 0.1) is 13.8 Å². The predicted octanol–water partition coefficient (Wildman–Crippen LogP) is 3.25. The third-order valence-electron chi connectivity index (χ3n) is 4.06. The minimum atomic E-state index is -0.170. The maximum Gasteiger partial charge on any atom is 0.274 e. The van der Waals surface area contributed by atoms with Crippen LogP contribution in [-0.4, -0.2) is 19.6 Å². The molecule has 0 saturated heterocycles. The number of nitrogens with zero attached hydrogens (tertiary/aromatic N) is 2. The normalized spacial score (nSPS) is 12.5. The zero-order chi connectivity index (χ0) is 17.9. The molecule has 2 aromatic heterocycles. The summed E-state index contributed by atoms with van der Waals surface area (Å²) < 4.78 is 2.52. The lowest BCUT2D eigenvalue weighted by atomic mass is 10.1. The van der Waals surface area contributed by atoms with Crippen LogP contribution < -0.4 is 10.1 Å². The number of phenolic OH excluding ortho intramolecular Hbond substituents is 2. The Hall–Kier alpha value is -2.38. The van der Waals surface area contributed by atoms with Gasteiger partial charge in [0.2, 0.25) is 0 Å². The standard InChI is InChI=1S/C18H13BrN2O3S/c1-8-3-9(2)16-12(4-8)21-17(24)15(25-18(21)20-16)6-10-5-11(19)14(23)7-13(10)22/h3-7,22-23H,1-2H3/b15-6-. The highest BCUT2D eigenvalue weighted by Crippen LogP contribution is 2.31. The molecule has 0 fully saturated rings. The first kappa shape index (κ1) is 16.1. The molecule has 0 aliphatic carbocycles. The van der Waals surface area contributed by atoms with E-state index < -0.39 is 0 Å². The summed E-state index contributed by atoms with van der Waals surface area (Å²) in [6.45, 7) is 3.97. The number of aromatic nitrogens is 2. The highest BCUT2D eigenvalue weighted by molar-refractivity contribution is 9.10. The van der Waals surface area contributed by atoms with Gasteiger partial charge in [-0.05, 0) is 59.1 Å². The molecule has 7 heteroatoms. The second-order valence-corrected chi connectivity index (χ2v) is 7.82. The summed E-state index contributed by atoms with van der Waals surface area (Å²) in [5, 5.41) is 19.6. The molecule has 0 aliphatic rings. The van der Waals surface area contributed by atoms with Gasteiger partial charge in [-0.2, -0.15) is 0 Å². The van der Waals surface area contributed by atoms with Gasteiger partial charge >= 0.3 is 0 Å². The number of benzene rings is 2. The zero-order valence-corrected chi connectivity index (χ0v) is 15.8. The van der Waals surface area contributed by atoms with Gasteiger partial charge in [0.15, 0.2) is 4.96 Å². The molecule has 0 bridgehead atoms. The fourth-order valence-corrected chi connectivity index (χ4v) is 4.27. The number of thiazole rings is 1. The molecule has 4 aromatic rings. The molecule has 2 N–H and O–H groups in total. The summed E-state index contributed by atoms with van der Waals surface area (Å²) in [4.78, 5) is 18.1. The Morgan fingerprint density at radius 1 is 1.16 bits per heavy atom. The topological polar surface area (TPSA) is 74.8 Å². The Morgan fingerprint density at radius 3 is 2.68 bits per heavy atom. The van der Waals surface area contributed by atoms with Gasteiger partial charge in [0.25, 0.3) is 5.56 Å². The van der Waals surface area contributed by atoms with Crippen LogP contribution in [0.1, 0.15) is 16.7 Å². The van der Waals surface area contributed by atoms with E-state index in [1.807, 2.05) is 26.0 Å². The molecule has 0 atom stereocenters. The minimum absolute atomic E-state index is 0.0603. The second kappa shape index (κ2) is 5.57. The van der Waals surface area contributed by atoms with Gasteiger partial charge in [0.05, 0.1) is 20.0 Å². The van der Waals surface area contributed by atoms with Crippen molar-refractivity contribution >= 4 is 49.3 Å². The lowest BCUT2D eigenvalue weighted by Gasteiger charge is -2.01. The summed E-state index contributed by atoms with van der Waals surface area (Å²) in [7, 11) is 0. The summed E-state index contributed by atoms with van der Waals surface area (Å²) >= 11 is 4.49. The molecule has 2 aromatic carbocycles. The molecule has 4 rings (SSSR count). The maximum absolute atomic E-state index is 12.9. The van der Waals surface area contributed by atoms with E-state index in [1.54, 1.807) is 16.5 Å². The molecule has 0 spiro atoms. The van der Waals surface area contributed by atoms with Gasteiger partial charge in [0.1, 0.15) is 11.5 Å². The summed E-state index contributed by atoms with van der Waals surface area (Å²) in [6.07, 6.45) is 1.61. The van der Waals surface area contributed by atoms with E-state index in [0.717, 1.165) is 22.2 Å². The molecular formula is C18H13BrN2O3S. The number of aromatic hydroxyl groups is 2. The largest absolute Gasteiger partial charge is 0.507 e. The van der Waals surface area contributed by atoms with Crippen molar-refractivity contribution in [3.63, 3.8) is 0 Å². The Kier molecular flexibility index (Phi) is 3.59. The van der Waals surface area contributed by atoms with E-state index in [4.69, 9.17) is 0 Å². The molecule has 0 unspecified atom stereocenters. The quantitative estimate of drug-likeness (QED) is 0.499. The third-order valence-corrected chi connectivity index (χ3v) is 5.67. The van der Waals surface area contributed by atoms with Crippen LogP contribution >= 0.6 is 27.3 Å². The number of imidazole rings is 1. The van der Waals surface area contributed by atoms with Crippen LogP contribution in [0.3, 0.4) is 0 Å². The maximum atomic E-state index is 12.9. The van der Waals surface area contributed by atoms with Gasteiger partial charge < -0.3 is 10.2 Å². The molecule has 5 nitrogen and oxygen atoms in total. The number of rotatable bonds is 1. The molecule has 25 heavy (non-hydrogen) atoms. The average molecular weight is 417 g/mol. The molecule has 126 valence electrons. The molecule has 0 radical (unpaired) electrons. The van der Waals surface area contributed by atoms with Crippen molar-refractivity contribution in [3.8, 4) is 11.5 Å². The molecular weight excluding hydrogens is 404 g/mol. The van der Waals surface area contributed by atoms with E-state index in [0.29, 0.717) is 19.5 Å². The Morgan fingerprint density at radius 2 is 1.92 bits per heavy atom. The van der Waals surface area contributed by atoms with E-state index in [-0.39, 0.29) is 17.1 Å². The fraction of sp³-hybridized carbons (Fsp3) is 0.111. The van der Waals surface area contributed by atoms with Crippen LogP contribution in [0.15, 0.2) is 33.5 Å². The van der Waals surface area contributed by atoms with Crippen molar-refractivity contribution in [2.45, 2.75) is 13.8 Å². The predicted molar refractivity (Wildman–Crippen MR) is 103 cm³/mol. The van der Waals surface area contributed by atoms with E-state index in [2.05, 4.69) is 20.9 Å². The molecule has 0 aliphatic heterocycles. The van der Waals surface area contributed by atoms with Gasteiger partial charge in [-0.3, -0.25) is 4.79 Å². The van der Waals surface area contributed by atoms with Crippen molar-refractivity contribution in [1.29, 1.82) is 0 Å². The fourth-order valence-electron chi connectivity index (χ4n) is 2.93. The number of halogens is 1. The van der Waals surface area contributed by atoms with Crippen molar-refractivity contribution in [1.82, 2.24) is 9.38 Å². The highest BCUT2D eigenvalue weighted by atomic mass is 79.9. The van der Waals surface area contributed by atoms with Gasteiger partial charge in [-0.25, -0.2) is 9.38 Å². The lowest BCUT2D eigenvalue weighted by molar-refractivity contribution is 0.447. The zero-order valence-electron chi connectivity index (χ0n) is 13.4. The first-order valence-electron chi connectivity index (χ1n) is 7.50. The van der Waals surface area contributed by atoms with Crippen LogP contribution in [0.4, 0.5) is 0 Å². The smallest absolute Gasteiger partial charge is 0.274 e. The third kappa shape index (κ3) is 2.51. The Bertz CT molecular complexity index is 1270. The highest BCUT2D eigenvalue weighted by Gasteiger charge is 2.14. The molecule has 2 heterocycles. The van der Waals surface area contributed by atoms with E-state index >= 15 is 0 Å². The van der Waals surface area contributed by atoms with Crippen LogP contribution in [0.25, 0.3) is 22.1 Å². The molecule has 0 amide bonds. The Labute approximate surface area is 154 Å². The monoisotopic (exact) mass is 416 g/mol. The number of hydrogen-bond acceptors (Lipinski definition) is 5. The van der Waals surface area contributed by atoms with E-state index in [9.17, 15) is 15.0 Å². The number of fused-ring (bicyclic) bond motifs is 3. The van der Waals surface area contributed by atoms with Crippen LogP contribution in [-0.2, 0) is 0 Å². The van der Waals surface area contributed by atoms with Crippen LogP contribution in [0.2, 0.25) is 0 Å². The van der Waals surface area contributed by atoms with Crippen molar-refractivity contribution in [3.05, 3.63) is 60.3 Å². The Balaban J connectivity index is 2.03. The van der Waals surface area contributed by atoms with Gasteiger partial charge in [-0.1, -0.05) is 17.4 Å². The van der Waals surface area contributed by atoms with E-state index in [1.165, 1.54) is 17.4 Å². The SMILES string of the molecule is Cc1cc(C)c2nc3s/c(=C\c4cc(Br)c(O)cc4O)c(=O)n3c2c1. The lowest BCUT2D eigenvalue weighted by Crippen LogP contribution is -2.22. The first-order valence-corrected chi connectivity index (χ1v) is 9.11. The van der Waals surface area contributed by atoms with Crippen molar-refractivity contribution in [2.24, 2.45) is 0 Å². The average Bonchev–Trinajstić information content (AvgIpc) is 3.03. The summed E-state index contributed by atoms with van der Waals surface area (Å²) in [5.41, 5.74) is 4.01. The van der Waals surface area contributed by atoms with Gasteiger partial charge in [0, 0.05) is 11.6 Å². The number of phenols is 2. The second-order valence-electron chi connectivity index (χ2n) is 5.96. The summed E-state index contributed by atoms with van der Waals surface area (Å²) in [5.74, 6) is -0.155. The number of hydrogen-bond donors (Lipinski definition) is 2. The minimum Gasteiger partial charge on any atom is -0.507 e. The van der Waals surface area contributed by atoms with Crippen molar-refractivity contribution < 1.29 is 10.2 Å². The summed E-state index contributed by atoms with van der Waals surface area (Å²) in [6, 6.07) is 6.80. The first-order chi connectivity index (χ1) is 11.8. The van der Waals surface area contributed by atoms with Crippen LogP contribution in [0.5, 0.6) is 11.5 Å². The molecule has 0 saturated carbocycles. The number of aryl methyl sites for hydroxylation is 2. The van der Waals surface area contributed by atoms with Gasteiger partial charge in [-0.15, -0.1) is 0 Å². The van der Waals surface area contributed by atoms with Crippen molar-refractivity contribution in [2.75, 3.05) is 0 Å².